The van der Waals surface area contributed by atoms with E-state index in [1.165, 1.54) is 38.9 Å². The summed E-state index contributed by atoms with van der Waals surface area (Å²) in [5, 5.41) is 12.8. The Hall–Kier alpha value is -0.160. The Bertz CT molecular complexity index is 247. The molecular weight excluding hydrogens is 226 g/mol. The van der Waals surface area contributed by atoms with Gasteiger partial charge in [0.05, 0.1) is 6.61 Å². The fourth-order valence-electron chi connectivity index (χ4n) is 3.43. The minimum absolute atomic E-state index is 0.229. The number of hydrogen-bond donors (Lipinski definition) is 2. The highest BCUT2D eigenvalue weighted by atomic mass is 16.3. The summed E-state index contributed by atoms with van der Waals surface area (Å²) in [5.41, 5.74) is 0. The molecule has 0 saturated carbocycles. The topological polar surface area (TPSA) is 38.7 Å². The van der Waals surface area contributed by atoms with Crippen LogP contribution in [0.3, 0.4) is 0 Å². The number of piperidine rings is 1. The monoisotopic (exact) mass is 255 g/mol. The minimum atomic E-state index is 0.229. The minimum Gasteiger partial charge on any atom is -0.395 e. The third-order valence-corrected chi connectivity index (χ3v) is 4.48. The third-order valence-electron chi connectivity index (χ3n) is 4.48. The van der Waals surface area contributed by atoms with E-state index < -0.39 is 0 Å². The molecule has 0 aromatic rings. The Morgan fingerprint density at radius 3 is 2.89 bits per heavy atom. The first-order chi connectivity index (χ1) is 8.74. The van der Waals surface area contributed by atoms with Crippen molar-refractivity contribution in [2.75, 3.05) is 39.3 Å². The molecule has 0 amide bonds. The number of likely N-dealkylation sites (N-methyl/N-ethyl adjacent to an activating group) is 1. The van der Waals surface area contributed by atoms with Gasteiger partial charge in [0.15, 0.2) is 0 Å². The summed E-state index contributed by atoms with van der Waals surface area (Å²) in [5.74, 6) is 0. The molecule has 3 atom stereocenters. The zero-order valence-electron chi connectivity index (χ0n) is 11.9. The predicted octanol–water partition coefficient (Wildman–Crippen LogP) is 0.515. The highest BCUT2D eigenvalue weighted by Gasteiger charge is 2.33. The number of nitrogens with zero attached hydrogens (tertiary/aromatic N) is 2. The Morgan fingerprint density at radius 1 is 1.33 bits per heavy atom. The lowest BCUT2D eigenvalue weighted by atomic mass is 9.97. The smallest absolute Gasteiger partial charge is 0.0597 e. The van der Waals surface area contributed by atoms with Gasteiger partial charge in [0.25, 0.3) is 0 Å². The van der Waals surface area contributed by atoms with Crippen LogP contribution in [0.4, 0.5) is 0 Å². The van der Waals surface area contributed by atoms with Gasteiger partial charge in [-0.2, -0.15) is 0 Å². The molecule has 0 aromatic heterocycles. The van der Waals surface area contributed by atoms with Crippen LogP contribution in [0.15, 0.2) is 0 Å². The van der Waals surface area contributed by atoms with Gasteiger partial charge in [-0.3, -0.25) is 9.80 Å². The average Bonchev–Trinajstić information content (AvgIpc) is 2.39. The SMILES string of the molecule is CCNC(CO)CN1CC2CCCCN2CC1C. The molecule has 2 fully saturated rings. The van der Waals surface area contributed by atoms with Crippen molar-refractivity contribution in [3.8, 4) is 0 Å². The summed E-state index contributed by atoms with van der Waals surface area (Å²) in [4.78, 5) is 5.24. The van der Waals surface area contributed by atoms with Crippen LogP contribution < -0.4 is 5.32 Å². The van der Waals surface area contributed by atoms with Crippen LogP contribution in [0.2, 0.25) is 0 Å². The Labute approximate surface area is 111 Å². The number of aliphatic hydroxyl groups is 1. The molecule has 2 heterocycles. The lowest BCUT2D eigenvalue weighted by Crippen LogP contribution is -2.60. The second-order valence-corrected chi connectivity index (χ2v) is 5.88. The molecule has 2 aliphatic heterocycles. The van der Waals surface area contributed by atoms with Gasteiger partial charge in [-0.05, 0) is 32.9 Å². The van der Waals surface area contributed by atoms with E-state index in [0.29, 0.717) is 6.04 Å². The van der Waals surface area contributed by atoms with Crippen molar-refractivity contribution in [2.24, 2.45) is 0 Å². The van der Waals surface area contributed by atoms with E-state index in [0.717, 1.165) is 19.1 Å². The van der Waals surface area contributed by atoms with Crippen LogP contribution in [0.1, 0.15) is 33.1 Å². The Balaban J connectivity index is 1.88. The molecule has 106 valence electrons. The quantitative estimate of drug-likeness (QED) is 0.751. The van der Waals surface area contributed by atoms with Crippen molar-refractivity contribution in [1.29, 1.82) is 0 Å². The zero-order chi connectivity index (χ0) is 13.0. The first-order valence-corrected chi connectivity index (χ1v) is 7.57. The molecule has 0 aliphatic carbocycles. The lowest BCUT2D eigenvalue weighted by Gasteiger charge is -2.48. The van der Waals surface area contributed by atoms with Crippen LogP contribution in [0.5, 0.6) is 0 Å². The molecule has 4 nitrogen and oxygen atoms in total. The van der Waals surface area contributed by atoms with Crippen molar-refractivity contribution in [3.63, 3.8) is 0 Å². The van der Waals surface area contributed by atoms with Gasteiger partial charge < -0.3 is 10.4 Å². The first kappa shape index (κ1) is 14.3. The van der Waals surface area contributed by atoms with Crippen molar-refractivity contribution in [2.45, 2.75) is 51.2 Å². The number of hydrogen-bond acceptors (Lipinski definition) is 4. The highest BCUT2D eigenvalue weighted by molar-refractivity contribution is 4.90. The molecule has 3 unspecified atom stereocenters. The van der Waals surface area contributed by atoms with Crippen LogP contribution in [0.25, 0.3) is 0 Å². The van der Waals surface area contributed by atoms with Crippen molar-refractivity contribution in [1.82, 2.24) is 15.1 Å². The van der Waals surface area contributed by atoms with Crippen LogP contribution in [-0.2, 0) is 0 Å². The maximum atomic E-state index is 9.41. The number of fused-ring (bicyclic) bond motifs is 1. The normalized spacial score (nSPS) is 32.2. The summed E-state index contributed by atoms with van der Waals surface area (Å²) in [6.07, 6.45) is 4.12. The van der Waals surface area contributed by atoms with Crippen molar-refractivity contribution in [3.05, 3.63) is 0 Å². The van der Waals surface area contributed by atoms with Crippen LogP contribution in [-0.4, -0.2) is 72.4 Å². The standard InChI is InChI=1S/C14H29N3O/c1-3-15-13(11-18)9-17-10-14-6-4-5-7-16(14)8-12(17)2/h12-15,18H,3-11H2,1-2H3. The summed E-state index contributed by atoms with van der Waals surface area (Å²) in [6.45, 7) is 10.3. The summed E-state index contributed by atoms with van der Waals surface area (Å²) >= 11 is 0. The van der Waals surface area contributed by atoms with E-state index in [2.05, 4.69) is 29.0 Å². The van der Waals surface area contributed by atoms with Crippen molar-refractivity contribution >= 4 is 0 Å². The largest absolute Gasteiger partial charge is 0.395 e. The summed E-state index contributed by atoms with van der Waals surface area (Å²) in [6, 6.07) is 1.61. The number of rotatable bonds is 5. The van der Waals surface area contributed by atoms with E-state index in [1.807, 2.05) is 0 Å². The summed E-state index contributed by atoms with van der Waals surface area (Å²) in [7, 11) is 0. The van der Waals surface area contributed by atoms with Crippen LogP contribution >= 0.6 is 0 Å². The summed E-state index contributed by atoms with van der Waals surface area (Å²) < 4.78 is 0. The van der Waals surface area contributed by atoms with E-state index >= 15 is 0 Å². The molecule has 0 spiro atoms. The van der Waals surface area contributed by atoms with E-state index in [9.17, 15) is 5.11 Å². The third kappa shape index (κ3) is 3.44. The van der Waals surface area contributed by atoms with Gasteiger partial charge in [0.2, 0.25) is 0 Å². The van der Waals surface area contributed by atoms with Crippen LogP contribution in [0, 0.1) is 0 Å². The average molecular weight is 255 g/mol. The van der Waals surface area contributed by atoms with E-state index in [4.69, 9.17) is 0 Å². The molecule has 0 bridgehead atoms. The number of nitrogens with one attached hydrogen (secondary N) is 1. The lowest BCUT2D eigenvalue weighted by molar-refractivity contribution is 0.00756. The van der Waals surface area contributed by atoms with Gasteiger partial charge in [0.1, 0.15) is 0 Å². The number of piperazine rings is 1. The second kappa shape index (κ2) is 6.85. The fraction of sp³-hybridized carbons (Fsp3) is 1.00. The van der Waals surface area contributed by atoms with E-state index in [-0.39, 0.29) is 12.6 Å². The molecule has 2 aliphatic rings. The molecule has 2 saturated heterocycles. The molecular formula is C14H29N3O. The molecule has 2 rings (SSSR count). The van der Waals surface area contributed by atoms with Gasteiger partial charge in [0, 0.05) is 37.8 Å². The fourth-order valence-corrected chi connectivity index (χ4v) is 3.43. The van der Waals surface area contributed by atoms with Gasteiger partial charge >= 0.3 is 0 Å². The number of aliphatic hydroxyl groups excluding tert-OH is 1. The maximum absolute atomic E-state index is 9.41. The van der Waals surface area contributed by atoms with Gasteiger partial charge in [-0.1, -0.05) is 13.3 Å². The molecule has 4 heteroatoms. The molecule has 2 N–H and O–H groups in total. The second-order valence-electron chi connectivity index (χ2n) is 5.88. The Kier molecular flexibility index (Phi) is 5.42. The first-order valence-electron chi connectivity index (χ1n) is 7.57. The van der Waals surface area contributed by atoms with Gasteiger partial charge in [-0.25, -0.2) is 0 Å². The van der Waals surface area contributed by atoms with Crippen molar-refractivity contribution < 1.29 is 5.11 Å². The molecule has 0 radical (unpaired) electrons. The van der Waals surface area contributed by atoms with Gasteiger partial charge in [-0.15, -0.1) is 0 Å². The zero-order valence-corrected chi connectivity index (χ0v) is 11.9. The Morgan fingerprint density at radius 2 is 2.17 bits per heavy atom. The predicted molar refractivity (Wildman–Crippen MR) is 74.8 cm³/mol. The maximum Gasteiger partial charge on any atom is 0.0597 e. The molecule has 18 heavy (non-hydrogen) atoms. The molecule has 0 aromatic carbocycles. The van der Waals surface area contributed by atoms with E-state index in [1.54, 1.807) is 0 Å². The highest BCUT2D eigenvalue weighted by Crippen LogP contribution is 2.23.